The summed E-state index contributed by atoms with van der Waals surface area (Å²) in [5.74, 6) is 1.71. The molecular weight excluding hydrogens is 292 g/mol. The van der Waals surface area contributed by atoms with Gasteiger partial charge in [0.2, 0.25) is 4.80 Å². The Hall–Kier alpha value is -1.93. The fourth-order valence-electron chi connectivity index (χ4n) is 3.78. The zero-order valence-corrected chi connectivity index (χ0v) is 13.4. The van der Waals surface area contributed by atoms with Crippen LogP contribution in [0.25, 0.3) is 10.6 Å². The van der Waals surface area contributed by atoms with Gasteiger partial charge >= 0.3 is 0 Å². The molecule has 4 rings (SSSR count). The zero-order chi connectivity index (χ0) is 15.1. The molecule has 0 saturated heterocycles. The van der Waals surface area contributed by atoms with E-state index >= 15 is 0 Å². The number of fused-ring (bicyclic) bond motifs is 2. The van der Waals surface area contributed by atoms with E-state index in [4.69, 9.17) is 10.3 Å². The second-order valence-electron chi connectivity index (χ2n) is 6.37. The van der Waals surface area contributed by atoms with E-state index in [0.29, 0.717) is 11.6 Å². The molecule has 2 saturated carbocycles. The van der Waals surface area contributed by atoms with Crippen LogP contribution in [-0.4, -0.2) is 15.8 Å². The summed E-state index contributed by atoms with van der Waals surface area (Å²) in [5, 5.41) is 14.4. The summed E-state index contributed by atoms with van der Waals surface area (Å²) in [6, 6.07) is 10.2. The maximum absolute atomic E-state index is 8.88. The highest BCUT2D eigenvalue weighted by Crippen LogP contribution is 2.45. The van der Waals surface area contributed by atoms with Crippen molar-refractivity contribution in [2.75, 3.05) is 0 Å². The monoisotopic (exact) mass is 310 g/mol. The standard InChI is InChI=1S/C17H18N4S/c1-21-17(19-15-9-12-4-7-14(15)8-12)22-16(20-21)13-5-2-11(10-18)3-6-13/h2-3,5-6,12,14-15H,4,7-9H2,1H3/t12-,14?,15+/m1/s1. The first-order valence-corrected chi connectivity index (χ1v) is 8.63. The van der Waals surface area contributed by atoms with E-state index in [-0.39, 0.29) is 0 Å². The number of rotatable bonds is 2. The largest absolute Gasteiger partial charge is 0.254 e. The molecule has 1 aromatic carbocycles. The Morgan fingerprint density at radius 1 is 1.27 bits per heavy atom. The molecule has 5 heteroatoms. The van der Waals surface area contributed by atoms with Gasteiger partial charge in [0, 0.05) is 12.6 Å². The van der Waals surface area contributed by atoms with Gasteiger partial charge in [-0.3, -0.25) is 4.99 Å². The van der Waals surface area contributed by atoms with Crippen LogP contribution < -0.4 is 4.80 Å². The minimum absolute atomic E-state index is 0.499. The van der Waals surface area contributed by atoms with Crippen molar-refractivity contribution < 1.29 is 0 Å². The van der Waals surface area contributed by atoms with Crippen LogP contribution in [0.3, 0.4) is 0 Å². The summed E-state index contributed by atoms with van der Waals surface area (Å²) in [4.78, 5) is 6.00. The summed E-state index contributed by atoms with van der Waals surface area (Å²) in [5.41, 5.74) is 1.73. The zero-order valence-electron chi connectivity index (χ0n) is 12.6. The molecule has 0 radical (unpaired) electrons. The summed E-state index contributed by atoms with van der Waals surface area (Å²) in [6.45, 7) is 0. The highest BCUT2D eigenvalue weighted by molar-refractivity contribution is 7.12. The Labute approximate surface area is 133 Å². The fraction of sp³-hybridized carbons (Fsp3) is 0.471. The lowest BCUT2D eigenvalue weighted by Gasteiger charge is -2.16. The molecule has 2 bridgehead atoms. The predicted octanol–water partition coefficient (Wildman–Crippen LogP) is 3.11. The molecule has 2 fully saturated rings. The lowest BCUT2D eigenvalue weighted by molar-refractivity contribution is 0.411. The van der Waals surface area contributed by atoms with Crippen molar-refractivity contribution in [1.29, 1.82) is 5.26 Å². The van der Waals surface area contributed by atoms with E-state index in [2.05, 4.69) is 11.2 Å². The number of nitriles is 1. The molecule has 4 nitrogen and oxygen atoms in total. The molecule has 0 amide bonds. The molecule has 22 heavy (non-hydrogen) atoms. The first kappa shape index (κ1) is 13.7. The molecule has 112 valence electrons. The third kappa shape index (κ3) is 2.38. The third-order valence-electron chi connectivity index (χ3n) is 4.94. The van der Waals surface area contributed by atoms with Crippen LogP contribution in [0.4, 0.5) is 0 Å². The number of aromatic nitrogens is 2. The van der Waals surface area contributed by atoms with Crippen molar-refractivity contribution in [2.24, 2.45) is 23.9 Å². The Morgan fingerprint density at radius 3 is 2.73 bits per heavy atom. The van der Waals surface area contributed by atoms with Crippen molar-refractivity contribution in [3.05, 3.63) is 34.6 Å². The van der Waals surface area contributed by atoms with Gasteiger partial charge in [-0.25, -0.2) is 4.68 Å². The number of hydrogen-bond acceptors (Lipinski definition) is 4. The first-order chi connectivity index (χ1) is 10.7. The quantitative estimate of drug-likeness (QED) is 0.856. The molecule has 0 N–H and O–H groups in total. The lowest BCUT2D eigenvalue weighted by atomic mass is 9.96. The van der Waals surface area contributed by atoms with E-state index in [9.17, 15) is 0 Å². The predicted molar refractivity (Wildman–Crippen MR) is 86.0 cm³/mol. The van der Waals surface area contributed by atoms with E-state index in [1.807, 2.05) is 36.0 Å². The van der Waals surface area contributed by atoms with E-state index < -0.39 is 0 Å². The van der Waals surface area contributed by atoms with Crippen LogP contribution in [0.1, 0.15) is 31.2 Å². The average Bonchev–Trinajstić information content (AvgIpc) is 3.24. The Balaban J connectivity index is 1.65. The van der Waals surface area contributed by atoms with Gasteiger partial charge in [-0.1, -0.05) is 29.9 Å². The van der Waals surface area contributed by atoms with Crippen LogP contribution in [0.15, 0.2) is 29.3 Å². The summed E-state index contributed by atoms with van der Waals surface area (Å²) < 4.78 is 1.89. The SMILES string of the molecule is Cn1nc(-c2ccc(C#N)cc2)sc1=N[C@H]1C[C@@H]2CCC1C2. The molecule has 1 aromatic heterocycles. The summed E-state index contributed by atoms with van der Waals surface area (Å²) >= 11 is 1.64. The van der Waals surface area contributed by atoms with E-state index in [1.54, 1.807) is 11.3 Å². The van der Waals surface area contributed by atoms with Crippen molar-refractivity contribution >= 4 is 11.3 Å². The minimum Gasteiger partial charge on any atom is -0.254 e. The van der Waals surface area contributed by atoms with Gasteiger partial charge < -0.3 is 0 Å². The molecule has 3 atom stereocenters. The van der Waals surface area contributed by atoms with Gasteiger partial charge in [-0.2, -0.15) is 10.4 Å². The first-order valence-electron chi connectivity index (χ1n) is 7.81. The minimum atomic E-state index is 0.499. The van der Waals surface area contributed by atoms with Gasteiger partial charge in [0.25, 0.3) is 0 Å². The molecule has 2 aliphatic carbocycles. The smallest absolute Gasteiger partial charge is 0.203 e. The number of hydrogen-bond donors (Lipinski definition) is 0. The van der Waals surface area contributed by atoms with Crippen molar-refractivity contribution in [2.45, 2.75) is 31.7 Å². The lowest BCUT2D eigenvalue weighted by Crippen LogP contribution is -2.21. The van der Waals surface area contributed by atoms with Crippen molar-refractivity contribution in [1.82, 2.24) is 9.78 Å². The number of aryl methyl sites for hydroxylation is 1. The molecule has 1 heterocycles. The topological polar surface area (TPSA) is 54.0 Å². The highest BCUT2D eigenvalue weighted by atomic mass is 32.1. The van der Waals surface area contributed by atoms with Crippen LogP contribution in [0, 0.1) is 23.2 Å². The fourth-order valence-corrected chi connectivity index (χ4v) is 4.73. The van der Waals surface area contributed by atoms with Gasteiger partial charge in [0.1, 0.15) is 5.01 Å². The molecule has 2 aliphatic rings. The molecule has 2 aromatic rings. The van der Waals surface area contributed by atoms with Gasteiger partial charge in [0.05, 0.1) is 17.7 Å². The van der Waals surface area contributed by atoms with Gasteiger partial charge in [-0.05, 0) is 43.2 Å². The Bertz CT molecular complexity index is 793. The molecule has 1 unspecified atom stereocenters. The maximum Gasteiger partial charge on any atom is 0.203 e. The number of nitrogens with zero attached hydrogens (tertiary/aromatic N) is 4. The van der Waals surface area contributed by atoms with Crippen LogP contribution in [-0.2, 0) is 7.05 Å². The Kier molecular flexibility index (Phi) is 3.34. The third-order valence-corrected chi connectivity index (χ3v) is 6.01. The van der Waals surface area contributed by atoms with Crippen LogP contribution in [0.2, 0.25) is 0 Å². The van der Waals surface area contributed by atoms with Crippen molar-refractivity contribution in [3.8, 4) is 16.6 Å². The summed E-state index contributed by atoms with van der Waals surface area (Å²) in [7, 11) is 1.97. The molecular formula is C17H18N4S. The molecule has 0 aliphatic heterocycles. The normalized spacial score (nSPS) is 27.3. The van der Waals surface area contributed by atoms with Crippen molar-refractivity contribution in [3.63, 3.8) is 0 Å². The summed E-state index contributed by atoms with van der Waals surface area (Å²) in [6.07, 6.45) is 5.39. The van der Waals surface area contributed by atoms with E-state index in [1.165, 1.54) is 25.7 Å². The van der Waals surface area contributed by atoms with E-state index in [0.717, 1.165) is 27.2 Å². The Morgan fingerprint density at radius 2 is 2.09 bits per heavy atom. The number of benzene rings is 1. The second kappa shape index (κ2) is 5.36. The van der Waals surface area contributed by atoms with Crippen LogP contribution in [0.5, 0.6) is 0 Å². The average molecular weight is 310 g/mol. The van der Waals surface area contributed by atoms with Gasteiger partial charge in [-0.15, -0.1) is 0 Å². The highest BCUT2D eigenvalue weighted by Gasteiger charge is 2.39. The second-order valence-corrected chi connectivity index (χ2v) is 7.33. The van der Waals surface area contributed by atoms with Gasteiger partial charge in [0.15, 0.2) is 0 Å². The maximum atomic E-state index is 8.88. The van der Waals surface area contributed by atoms with Crippen LogP contribution >= 0.6 is 11.3 Å². The molecule has 0 spiro atoms.